The third kappa shape index (κ3) is 3.45. The molecule has 0 radical (unpaired) electrons. The monoisotopic (exact) mass is 242 g/mol. The second-order valence-electron chi connectivity index (χ2n) is 4.06. The number of hydrogen-bond acceptors (Lipinski definition) is 4. The molecule has 2 heterocycles. The molecular formula is C14H18N4. The van der Waals surface area contributed by atoms with E-state index < -0.39 is 0 Å². The molecule has 4 nitrogen and oxygen atoms in total. The van der Waals surface area contributed by atoms with E-state index >= 15 is 0 Å². The number of rotatable bonds is 5. The highest BCUT2D eigenvalue weighted by molar-refractivity contribution is 5.45. The number of hydrogen-bond donors (Lipinski definition) is 2. The Morgan fingerprint density at radius 3 is 2.39 bits per heavy atom. The molecular weight excluding hydrogens is 224 g/mol. The van der Waals surface area contributed by atoms with Crippen LogP contribution in [0.5, 0.6) is 0 Å². The zero-order valence-corrected chi connectivity index (χ0v) is 10.8. The lowest BCUT2D eigenvalue weighted by Gasteiger charge is -2.08. The van der Waals surface area contributed by atoms with E-state index in [2.05, 4.69) is 27.5 Å². The third-order valence-electron chi connectivity index (χ3n) is 2.50. The summed E-state index contributed by atoms with van der Waals surface area (Å²) < 4.78 is 0. The molecule has 0 amide bonds. The fourth-order valence-electron chi connectivity index (χ4n) is 1.69. The predicted molar refractivity (Wildman–Crippen MR) is 74.7 cm³/mol. The summed E-state index contributed by atoms with van der Waals surface area (Å²) in [5.41, 5.74) is 2.05. The Kier molecular flexibility index (Phi) is 4.12. The molecule has 0 spiro atoms. The van der Waals surface area contributed by atoms with Crippen molar-refractivity contribution >= 4 is 11.6 Å². The summed E-state index contributed by atoms with van der Waals surface area (Å²) in [5, 5.41) is 6.46. The van der Waals surface area contributed by atoms with Crippen molar-refractivity contribution in [2.24, 2.45) is 0 Å². The molecule has 0 bridgehead atoms. The standard InChI is InChI=1S/C14H18N4/c1-3-15-13-8-5-9-14(18-13)16-10-12-7-4-6-11(2)17-12/h4-9H,3,10H2,1-2H3,(H2,15,16,18). The number of aryl methyl sites for hydroxylation is 1. The van der Waals surface area contributed by atoms with Gasteiger partial charge in [-0.1, -0.05) is 12.1 Å². The zero-order chi connectivity index (χ0) is 12.8. The molecule has 18 heavy (non-hydrogen) atoms. The van der Waals surface area contributed by atoms with Crippen LogP contribution in [0.15, 0.2) is 36.4 Å². The van der Waals surface area contributed by atoms with Gasteiger partial charge >= 0.3 is 0 Å². The first-order chi connectivity index (χ1) is 8.78. The maximum atomic E-state index is 4.45. The largest absolute Gasteiger partial charge is 0.370 e. The van der Waals surface area contributed by atoms with Gasteiger partial charge in [-0.15, -0.1) is 0 Å². The van der Waals surface area contributed by atoms with Crippen LogP contribution in [-0.2, 0) is 6.54 Å². The molecule has 0 unspecified atom stereocenters. The van der Waals surface area contributed by atoms with E-state index in [9.17, 15) is 0 Å². The van der Waals surface area contributed by atoms with Crippen molar-refractivity contribution < 1.29 is 0 Å². The molecule has 0 saturated heterocycles. The SMILES string of the molecule is CCNc1cccc(NCc2cccc(C)n2)n1. The van der Waals surface area contributed by atoms with Gasteiger partial charge in [0.15, 0.2) is 0 Å². The van der Waals surface area contributed by atoms with Crippen molar-refractivity contribution in [3.8, 4) is 0 Å². The van der Waals surface area contributed by atoms with E-state index in [1.165, 1.54) is 0 Å². The van der Waals surface area contributed by atoms with Gasteiger partial charge in [0.1, 0.15) is 11.6 Å². The van der Waals surface area contributed by atoms with Gasteiger partial charge in [-0.25, -0.2) is 4.98 Å². The van der Waals surface area contributed by atoms with Gasteiger partial charge in [0, 0.05) is 12.2 Å². The Bertz CT molecular complexity index is 511. The van der Waals surface area contributed by atoms with E-state index in [0.29, 0.717) is 6.54 Å². The molecule has 0 fully saturated rings. The zero-order valence-electron chi connectivity index (χ0n) is 10.8. The lowest BCUT2D eigenvalue weighted by atomic mass is 10.3. The first kappa shape index (κ1) is 12.4. The lowest BCUT2D eigenvalue weighted by Crippen LogP contribution is -2.05. The predicted octanol–water partition coefficient (Wildman–Crippen LogP) is 2.83. The number of pyridine rings is 2. The van der Waals surface area contributed by atoms with Gasteiger partial charge in [0.25, 0.3) is 0 Å². The van der Waals surface area contributed by atoms with Crippen LogP contribution in [0.2, 0.25) is 0 Å². The average Bonchev–Trinajstić information content (AvgIpc) is 2.37. The minimum absolute atomic E-state index is 0.685. The van der Waals surface area contributed by atoms with Gasteiger partial charge < -0.3 is 10.6 Å². The summed E-state index contributed by atoms with van der Waals surface area (Å²) in [6.45, 7) is 5.60. The average molecular weight is 242 g/mol. The van der Waals surface area contributed by atoms with E-state index in [1.54, 1.807) is 0 Å². The first-order valence-electron chi connectivity index (χ1n) is 6.15. The molecule has 0 atom stereocenters. The van der Waals surface area contributed by atoms with Gasteiger partial charge in [-0.05, 0) is 38.1 Å². The minimum Gasteiger partial charge on any atom is -0.370 e. The van der Waals surface area contributed by atoms with Crippen molar-refractivity contribution in [3.05, 3.63) is 47.8 Å². The minimum atomic E-state index is 0.685. The summed E-state index contributed by atoms with van der Waals surface area (Å²) in [4.78, 5) is 8.89. The van der Waals surface area contributed by atoms with Crippen molar-refractivity contribution in [3.63, 3.8) is 0 Å². The Morgan fingerprint density at radius 2 is 1.67 bits per heavy atom. The van der Waals surface area contributed by atoms with E-state index in [4.69, 9.17) is 0 Å². The van der Waals surface area contributed by atoms with Crippen LogP contribution in [0.1, 0.15) is 18.3 Å². The van der Waals surface area contributed by atoms with E-state index in [-0.39, 0.29) is 0 Å². The molecule has 2 rings (SSSR count). The second kappa shape index (κ2) is 6.00. The number of anilines is 2. The lowest BCUT2D eigenvalue weighted by molar-refractivity contribution is 1.00. The maximum absolute atomic E-state index is 4.45. The first-order valence-corrected chi connectivity index (χ1v) is 6.15. The molecule has 0 aromatic carbocycles. The van der Waals surface area contributed by atoms with Gasteiger partial charge in [0.2, 0.25) is 0 Å². The molecule has 0 aliphatic heterocycles. The van der Waals surface area contributed by atoms with E-state index in [0.717, 1.165) is 29.6 Å². The quantitative estimate of drug-likeness (QED) is 0.846. The van der Waals surface area contributed by atoms with Crippen LogP contribution in [0.25, 0.3) is 0 Å². The third-order valence-corrected chi connectivity index (χ3v) is 2.50. The van der Waals surface area contributed by atoms with Crippen LogP contribution < -0.4 is 10.6 Å². The highest BCUT2D eigenvalue weighted by atomic mass is 15.1. The maximum Gasteiger partial charge on any atom is 0.128 e. The number of aromatic nitrogens is 2. The van der Waals surface area contributed by atoms with Crippen molar-refractivity contribution in [1.29, 1.82) is 0 Å². The molecule has 94 valence electrons. The van der Waals surface area contributed by atoms with Crippen LogP contribution in [0.3, 0.4) is 0 Å². The van der Waals surface area contributed by atoms with Crippen molar-refractivity contribution in [1.82, 2.24) is 9.97 Å². The van der Waals surface area contributed by atoms with Crippen LogP contribution >= 0.6 is 0 Å². The number of nitrogens with one attached hydrogen (secondary N) is 2. The van der Waals surface area contributed by atoms with Gasteiger partial charge in [-0.2, -0.15) is 0 Å². The Morgan fingerprint density at radius 1 is 0.944 bits per heavy atom. The highest BCUT2D eigenvalue weighted by Gasteiger charge is 1.98. The summed E-state index contributed by atoms with van der Waals surface area (Å²) in [6.07, 6.45) is 0. The molecule has 2 aromatic rings. The van der Waals surface area contributed by atoms with Gasteiger partial charge in [-0.3, -0.25) is 4.98 Å². The normalized spacial score (nSPS) is 10.1. The van der Waals surface area contributed by atoms with Gasteiger partial charge in [0.05, 0.1) is 12.2 Å². The topological polar surface area (TPSA) is 49.8 Å². The highest BCUT2D eigenvalue weighted by Crippen LogP contribution is 2.10. The van der Waals surface area contributed by atoms with Crippen LogP contribution in [0, 0.1) is 6.92 Å². The Hall–Kier alpha value is -2.10. The number of nitrogens with zero attached hydrogens (tertiary/aromatic N) is 2. The smallest absolute Gasteiger partial charge is 0.128 e. The second-order valence-corrected chi connectivity index (χ2v) is 4.06. The van der Waals surface area contributed by atoms with Crippen molar-refractivity contribution in [2.45, 2.75) is 20.4 Å². The summed E-state index contributed by atoms with van der Waals surface area (Å²) in [6, 6.07) is 11.9. The molecule has 0 aliphatic rings. The molecule has 0 aliphatic carbocycles. The summed E-state index contributed by atoms with van der Waals surface area (Å²) >= 11 is 0. The van der Waals surface area contributed by atoms with Crippen LogP contribution in [-0.4, -0.2) is 16.5 Å². The molecule has 2 N–H and O–H groups in total. The van der Waals surface area contributed by atoms with Crippen molar-refractivity contribution in [2.75, 3.05) is 17.2 Å². The fourth-order valence-corrected chi connectivity index (χ4v) is 1.69. The fraction of sp³-hybridized carbons (Fsp3) is 0.286. The Balaban J connectivity index is 1.99. The summed E-state index contributed by atoms with van der Waals surface area (Å²) in [5.74, 6) is 1.75. The van der Waals surface area contributed by atoms with Crippen LogP contribution in [0.4, 0.5) is 11.6 Å². The summed E-state index contributed by atoms with van der Waals surface area (Å²) in [7, 11) is 0. The Labute approximate surface area is 107 Å². The molecule has 2 aromatic heterocycles. The molecule has 4 heteroatoms. The molecule has 0 saturated carbocycles. The van der Waals surface area contributed by atoms with E-state index in [1.807, 2.05) is 43.3 Å².